The zero-order valence-electron chi connectivity index (χ0n) is 7.42. The molecule has 0 aliphatic heterocycles. The highest BCUT2D eigenvalue weighted by atomic mass is 19.1. The topological polar surface area (TPSA) is 46.5 Å². The van der Waals surface area contributed by atoms with E-state index in [0.29, 0.717) is 12.8 Å². The first kappa shape index (κ1) is 11.4. The second kappa shape index (κ2) is 5.94. The minimum absolute atomic E-state index is 0.0294. The quantitative estimate of drug-likeness (QED) is 0.640. The SMILES string of the molecule is CCC(O)CCC(F)C(=O)OC. The fraction of sp³-hybridized carbons (Fsp3) is 0.875. The zero-order valence-corrected chi connectivity index (χ0v) is 7.42. The maximum Gasteiger partial charge on any atom is 0.340 e. The van der Waals surface area contributed by atoms with Gasteiger partial charge in [-0.05, 0) is 19.3 Å². The molecule has 12 heavy (non-hydrogen) atoms. The van der Waals surface area contributed by atoms with Crippen LogP contribution >= 0.6 is 0 Å². The van der Waals surface area contributed by atoms with Gasteiger partial charge in [0.1, 0.15) is 0 Å². The second-order valence-corrected chi connectivity index (χ2v) is 2.63. The Morgan fingerprint density at radius 1 is 1.58 bits per heavy atom. The molecule has 72 valence electrons. The molecule has 0 bridgehead atoms. The van der Waals surface area contributed by atoms with Crippen molar-refractivity contribution in [1.29, 1.82) is 0 Å². The summed E-state index contributed by atoms with van der Waals surface area (Å²) in [5.74, 6) is -0.863. The molecule has 0 aromatic rings. The van der Waals surface area contributed by atoms with Gasteiger partial charge in [-0.2, -0.15) is 0 Å². The first-order valence-corrected chi connectivity index (χ1v) is 4.01. The van der Waals surface area contributed by atoms with Gasteiger partial charge in [0.15, 0.2) is 6.17 Å². The van der Waals surface area contributed by atoms with Crippen LogP contribution in [0.2, 0.25) is 0 Å². The Morgan fingerprint density at radius 2 is 2.17 bits per heavy atom. The summed E-state index contributed by atoms with van der Waals surface area (Å²) in [5.41, 5.74) is 0. The molecule has 0 rings (SSSR count). The van der Waals surface area contributed by atoms with Gasteiger partial charge in [-0.25, -0.2) is 9.18 Å². The molecule has 0 fully saturated rings. The third-order valence-electron chi connectivity index (χ3n) is 1.68. The molecule has 0 aromatic heterocycles. The lowest BCUT2D eigenvalue weighted by Gasteiger charge is -2.08. The number of carbonyl (C=O) groups excluding carboxylic acids is 1. The summed E-state index contributed by atoms with van der Waals surface area (Å²) in [6.45, 7) is 1.80. The molecule has 0 heterocycles. The maximum atomic E-state index is 12.7. The molecule has 0 aliphatic rings. The van der Waals surface area contributed by atoms with Crippen LogP contribution in [0.4, 0.5) is 4.39 Å². The number of methoxy groups -OCH3 is 1. The molecule has 0 amide bonds. The lowest BCUT2D eigenvalue weighted by atomic mass is 10.1. The van der Waals surface area contributed by atoms with Crippen molar-refractivity contribution in [3.05, 3.63) is 0 Å². The summed E-state index contributed by atoms with van der Waals surface area (Å²) in [7, 11) is 1.14. The lowest BCUT2D eigenvalue weighted by Crippen LogP contribution is -2.19. The minimum atomic E-state index is -1.60. The molecule has 0 radical (unpaired) electrons. The first-order chi connectivity index (χ1) is 5.61. The largest absolute Gasteiger partial charge is 0.467 e. The minimum Gasteiger partial charge on any atom is -0.467 e. The Hall–Kier alpha value is -0.640. The molecule has 2 atom stereocenters. The summed E-state index contributed by atoms with van der Waals surface area (Å²) in [5, 5.41) is 9.04. The Kier molecular flexibility index (Phi) is 5.62. The van der Waals surface area contributed by atoms with Crippen molar-refractivity contribution in [1.82, 2.24) is 0 Å². The standard InChI is InChI=1S/C8H15FO3/c1-3-6(10)4-5-7(9)8(11)12-2/h6-7,10H,3-5H2,1-2H3. The monoisotopic (exact) mass is 178 g/mol. The molecule has 0 aromatic carbocycles. The highest BCUT2D eigenvalue weighted by molar-refractivity contribution is 5.74. The summed E-state index contributed by atoms with van der Waals surface area (Å²) in [6.07, 6.45) is -1.22. The number of carbonyl (C=O) groups is 1. The Bertz CT molecular complexity index is 138. The van der Waals surface area contributed by atoms with Crippen LogP contribution < -0.4 is 0 Å². The van der Waals surface area contributed by atoms with Crippen molar-refractivity contribution >= 4 is 5.97 Å². The number of esters is 1. The van der Waals surface area contributed by atoms with Gasteiger partial charge in [0, 0.05) is 0 Å². The van der Waals surface area contributed by atoms with Crippen LogP contribution in [-0.4, -0.2) is 30.5 Å². The smallest absolute Gasteiger partial charge is 0.340 e. The molecule has 0 spiro atoms. The van der Waals surface area contributed by atoms with E-state index in [-0.39, 0.29) is 6.42 Å². The predicted octanol–water partition coefficient (Wildman–Crippen LogP) is 1.05. The van der Waals surface area contributed by atoms with Crippen LogP contribution in [0.15, 0.2) is 0 Å². The van der Waals surface area contributed by atoms with Crippen LogP contribution in [0.5, 0.6) is 0 Å². The van der Waals surface area contributed by atoms with Gasteiger partial charge in [0.05, 0.1) is 13.2 Å². The van der Waals surface area contributed by atoms with Crippen LogP contribution in [0.25, 0.3) is 0 Å². The molecule has 2 unspecified atom stereocenters. The van der Waals surface area contributed by atoms with Crippen LogP contribution in [-0.2, 0) is 9.53 Å². The number of halogens is 1. The number of aliphatic hydroxyl groups excluding tert-OH is 1. The van der Waals surface area contributed by atoms with E-state index in [1.165, 1.54) is 0 Å². The third kappa shape index (κ3) is 4.28. The van der Waals surface area contributed by atoms with E-state index in [1.807, 2.05) is 0 Å². The maximum absolute atomic E-state index is 12.7. The van der Waals surface area contributed by atoms with E-state index in [1.54, 1.807) is 6.92 Å². The molecule has 3 nitrogen and oxygen atoms in total. The van der Waals surface area contributed by atoms with Crippen molar-refractivity contribution in [3.63, 3.8) is 0 Å². The molecule has 1 N–H and O–H groups in total. The number of hydrogen-bond donors (Lipinski definition) is 1. The van der Waals surface area contributed by atoms with E-state index in [2.05, 4.69) is 4.74 Å². The van der Waals surface area contributed by atoms with Gasteiger partial charge in [0.25, 0.3) is 0 Å². The predicted molar refractivity (Wildman–Crippen MR) is 42.4 cm³/mol. The van der Waals surface area contributed by atoms with Gasteiger partial charge >= 0.3 is 5.97 Å². The van der Waals surface area contributed by atoms with E-state index in [0.717, 1.165) is 7.11 Å². The summed E-state index contributed by atoms with van der Waals surface area (Å²) in [4.78, 5) is 10.5. The van der Waals surface area contributed by atoms with Gasteiger partial charge in [-0.1, -0.05) is 6.92 Å². The number of aliphatic hydroxyl groups is 1. The van der Waals surface area contributed by atoms with E-state index in [9.17, 15) is 9.18 Å². The van der Waals surface area contributed by atoms with Gasteiger partial charge < -0.3 is 9.84 Å². The van der Waals surface area contributed by atoms with Gasteiger partial charge in [-0.3, -0.25) is 0 Å². The van der Waals surface area contributed by atoms with Crippen molar-refractivity contribution in [2.45, 2.75) is 38.5 Å². The van der Waals surface area contributed by atoms with Crippen molar-refractivity contribution in [2.24, 2.45) is 0 Å². The van der Waals surface area contributed by atoms with Crippen LogP contribution in [0.1, 0.15) is 26.2 Å². The highest BCUT2D eigenvalue weighted by Gasteiger charge is 2.18. The van der Waals surface area contributed by atoms with Gasteiger partial charge in [0.2, 0.25) is 0 Å². The zero-order chi connectivity index (χ0) is 9.56. The van der Waals surface area contributed by atoms with Crippen molar-refractivity contribution < 1.29 is 19.0 Å². The normalized spacial score (nSPS) is 15.3. The Morgan fingerprint density at radius 3 is 2.58 bits per heavy atom. The van der Waals surface area contributed by atoms with E-state index < -0.39 is 18.2 Å². The number of rotatable bonds is 5. The highest BCUT2D eigenvalue weighted by Crippen LogP contribution is 2.08. The van der Waals surface area contributed by atoms with Crippen molar-refractivity contribution in [2.75, 3.05) is 7.11 Å². The Labute approximate surface area is 71.5 Å². The fourth-order valence-electron chi connectivity index (χ4n) is 0.789. The average molecular weight is 178 g/mol. The molecular formula is C8H15FO3. The number of ether oxygens (including phenoxy) is 1. The fourth-order valence-corrected chi connectivity index (χ4v) is 0.789. The van der Waals surface area contributed by atoms with Gasteiger partial charge in [-0.15, -0.1) is 0 Å². The summed E-state index contributed by atoms with van der Waals surface area (Å²) < 4.78 is 16.9. The lowest BCUT2D eigenvalue weighted by molar-refractivity contribution is -0.146. The molecule has 4 heteroatoms. The molecular weight excluding hydrogens is 163 g/mol. The third-order valence-corrected chi connectivity index (χ3v) is 1.68. The number of alkyl halides is 1. The van der Waals surface area contributed by atoms with Crippen LogP contribution in [0.3, 0.4) is 0 Å². The van der Waals surface area contributed by atoms with Crippen molar-refractivity contribution in [3.8, 4) is 0 Å². The van der Waals surface area contributed by atoms with Crippen LogP contribution in [0, 0.1) is 0 Å². The van der Waals surface area contributed by atoms with E-state index >= 15 is 0 Å². The molecule has 0 saturated heterocycles. The molecule has 0 aliphatic carbocycles. The molecule has 0 saturated carbocycles. The second-order valence-electron chi connectivity index (χ2n) is 2.63. The summed E-state index contributed by atoms with van der Waals surface area (Å²) >= 11 is 0. The Balaban J connectivity index is 3.56. The number of hydrogen-bond acceptors (Lipinski definition) is 3. The summed E-state index contributed by atoms with van der Waals surface area (Å²) in [6, 6.07) is 0. The first-order valence-electron chi connectivity index (χ1n) is 4.01. The van der Waals surface area contributed by atoms with E-state index in [4.69, 9.17) is 5.11 Å². The average Bonchev–Trinajstić information content (AvgIpc) is 2.11.